The van der Waals surface area contributed by atoms with Crippen LogP contribution in [0.15, 0.2) is 30.6 Å². The molecule has 0 radical (unpaired) electrons. The predicted octanol–water partition coefficient (Wildman–Crippen LogP) is 1.58. The van der Waals surface area contributed by atoms with Crippen LogP contribution in [0.4, 0.5) is 16.4 Å². The van der Waals surface area contributed by atoms with Gasteiger partial charge in [-0.05, 0) is 26.0 Å². The maximum absolute atomic E-state index is 12.8. The Morgan fingerprint density at radius 3 is 2.88 bits per heavy atom. The zero-order valence-corrected chi connectivity index (χ0v) is 15.0. The van der Waals surface area contributed by atoms with Crippen LogP contribution in [-0.2, 0) is 11.3 Å². The van der Waals surface area contributed by atoms with Gasteiger partial charge < -0.3 is 14.5 Å². The van der Waals surface area contributed by atoms with Crippen LogP contribution in [0.5, 0.6) is 5.75 Å². The van der Waals surface area contributed by atoms with E-state index < -0.39 is 6.04 Å². The highest BCUT2D eigenvalue weighted by Gasteiger charge is 2.35. The van der Waals surface area contributed by atoms with E-state index in [1.54, 1.807) is 29.9 Å². The number of benzene rings is 1. The molecule has 3 rings (SSSR count). The van der Waals surface area contributed by atoms with Crippen LogP contribution >= 0.6 is 0 Å². The third-order valence-electron chi connectivity index (χ3n) is 4.36. The first-order valence-corrected chi connectivity index (χ1v) is 8.46. The van der Waals surface area contributed by atoms with Crippen LogP contribution in [0.1, 0.15) is 13.8 Å². The van der Waals surface area contributed by atoms with Gasteiger partial charge in [-0.25, -0.2) is 9.78 Å². The highest BCUT2D eigenvalue weighted by Crippen LogP contribution is 2.24. The smallest absolute Gasteiger partial charge is 0.325 e. The number of methoxy groups -OCH3 is 1. The van der Waals surface area contributed by atoms with Crippen molar-refractivity contribution in [2.24, 2.45) is 0 Å². The molecule has 1 fully saturated rings. The molecule has 1 aliphatic rings. The van der Waals surface area contributed by atoms with E-state index in [1.165, 1.54) is 4.90 Å². The number of hydrogen-bond acceptors (Lipinski definition) is 5. The zero-order chi connectivity index (χ0) is 18.7. The maximum atomic E-state index is 12.8. The summed E-state index contributed by atoms with van der Waals surface area (Å²) in [7, 11) is 1.58. The molecule has 0 saturated carbocycles. The number of carbonyl (C=O) groups excluding carboxylic acids is 2. The number of piperazine rings is 1. The van der Waals surface area contributed by atoms with Crippen LogP contribution in [0.2, 0.25) is 0 Å². The van der Waals surface area contributed by atoms with Crippen molar-refractivity contribution < 1.29 is 14.3 Å². The molecular formula is C17H22N6O3. The van der Waals surface area contributed by atoms with Gasteiger partial charge in [-0.1, -0.05) is 6.07 Å². The van der Waals surface area contributed by atoms with Gasteiger partial charge in [0.1, 0.15) is 18.1 Å². The molecule has 9 nitrogen and oxygen atoms in total. The summed E-state index contributed by atoms with van der Waals surface area (Å²) in [5.74, 6) is 0.763. The summed E-state index contributed by atoms with van der Waals surface area (Å²) in [5, 5.41) is 6.77. The molecule has 1 saturated heterocycles. The minimum absolute atomic E-state index is 0.147. The third-order valence-corrected chi connectivity index (χ3v) is 4.36. The molecule has 3 amide bonds. The fourth-order valence-electron chi connectivity index (χ4n) is 2.85. The molecule has 1 N–H and O–H groups in total. The Labute approximate surface area is 151 Å². The zero-order valence-electron chi connectivity index (χ0n) is 15.0. The summed E-state index contributed by atoms with van der Waals surface area (Å²) in [6, 6.07) is 6.34. The van der Waals surface area contributed by atoms with E-state index in [0.717, 1.165) is 5.69 Å². The number of carbonyl (C=O) groups is 2. The van der Waals surface area contributed by atoms with Crippen molar-refractivity contribution in [2.75, 3.05) is 30.4 Å². The maximum Gasteiger partial charge on any atom is 0.325 e. The fourth-order valence-corrected chi connectivity index (χ4v) is 2.85. The predicted molar refractivity (Wildman–Crippen MR) is 96.2 cm³/mol. The van der Waals surface area contributed by atoms with E-state index in [0.29, 0.717) is 25.4 Å². The third kappa shape index (κ3) is 3.46. The number of nitrogens with zero attached hydrogens (tertiary/aromatic N) is 5. The first-order chi connectivity index (χ1) is 12.5. The van der Waals surface area contributed by atoms with Gasteiger partial charge in [0.05, 0.1) is 7.11 Å². The number of urea groups is 1. The Balaban J connectivity index is 1.69. The lowest BCUT2D eigenvalue weighted by atomic mass is 10.1. The minimum Gasteiger partial charge on any atom is -0.497 e. The number of anilines is 2. The van der Waals surface area contributed by atoms with Crippen molar-refractivity contribution in [1.82, 2.24) is 19.7 Å². The van der Waals surface area contributed by atoms with Crippen molar-refractivity contribution in [3.63, 3.8) is 0 Å². The van der Waals surface area contributed by atoms with Gasteiger partial charge in [0.15, 0.2) is 0 Å². The number of ether oxygens (including phenoxy) is 1. The van der Waals surface area contributed by atoms with Crippen LogP contribution in [0, 0.1) is 0 Å². The number of hydrogen-bond donors (Lipinski definition) is 1. The summed E-state index contributed by atoms with van der Waals surface area (Å²) in [5.41, 5.74) is 0.754. The number of amides is 3. The van der Waals surface area contributed by atoms with Crippen molar-refractivity contribution in [3.8, 4) is 5.75 Å². The van der Waals surface area contributed by atoms with Crippen molar-refractivity contribution in [1.29, 1.82) is 0 Å². The molecule has 0 unspecified atom stereocenters. The van der Waals surface area contributed by atoms with Crippen molar-refractivity contribution in [3.05, 3.63) is 30.6 Å². The van der Waals surface area contributed by atoms with Crippen molar-refractivity contribution in [2.45, 2.75) is 26.4 Å². The van der Waals surface area contributed by atoms with E-state index in [9.17, 15) is 9.59 Å². The summed E-state index contributed by atoms with van der Waals surface area (Å²) in [6.45, 7) is 5.12. The average molecular weight is 358 g/mol. The summed E-state index contributed by atoms with van der Waals surface area (Å²) in [6.07, 6.45) is 1.55. The molecule has 1 aromatic carbocycles. The Morgan fingerprint density at radius 2 is 2.19 bits per heavy atom. The van der Waals surface area contributed by atoms with Gasteiger partial charge in [0, 0.05) is 31.4 Å². The second-order valence-electron chi connectivity index (χ2n) is 5.91. The highest BCUT2D eigenvalue weighted by molar-refractivity contribution is 6.01. The summed E-state index contributed by atoms with van der Waals surface area (Å²) in [4.78, 5) is 32.5. The lowest BCUT2D eigenvalue weighted by molar-refractivity contribution is -0.123. The lowest BCUT2D eigenvalue weighted by Gasteiger charge is -2.38. The monoisotopic (exact) mass is 358 g/mol. The normalized spacial score (nSPS) is 17.3. The van der Waals surface area contributed by atoms with E-state index in [2.05, 4.69) is 15.4 Å². The second kappa shape index (κ2) is 7.42. The van der Waals surface area contributed by atoms with E-state index >= 15 is 0 Å². The topological polar surface area (TPSA) is 92.6 Å². The molecule has 0 aliphatic carbocycles. The van der Waals surface area contributed by atoms with Gasteiger partial charge in [0.25, 0.3) is 0 Å². The van der Waals surface area contributed by atoms with Crippen molar-refractivity contribution >= 4 is 23.6 Å². The fraction of sp³-hybridized carbons (Fsp3) is 0.412. The molecule has 1 atom stereocenters. The Bertz CT molecular complexity index is 805. The van der Waals surface area contributed by atoms with Crippen LogP contribution in [0.25, 0.3) is 0 Å². The van der Waals surface area contributed by atoms with Gasteiger partial charge in [-0.3, -0.25) is 14.8 Å². The van der Waals surface area contributed by atoms with E-state index in [4.69, 9.17) is 4.74 Å². The molecule has 2 heterocycles. The Hall–Kier alpha value is -3.10. The Morgan fingerprint density at radius 1 is 1.38 bits per heavy atom. The summed E-state index contributed by atoms with van der Waals surface area (Å²) >= 11 is 0. The number of nitrogens with one attached hydrogen (secondary N) is 1. The molecular weight excluding hydrogens is 336 g/mol. The SMILES string of the molecule is CCn1cnc(NC(=O)N2CCN(c3cccc(OC)c3)C(=O)[C@@H]2C)n1. The second-order valence-corrected chi connectivity index (χ2v) is 5.91. The van der Waals surface area contributed by atoms with Gasteiger partial charge in [-0.15, -0.1) is 5.10 Å². The first kappa shape index (κ1) is 17.7. The molecule has 0 bridgehead atoms. The average Bonchev–Trinajstić information content (AvgIpc) is 3.11. The lowest BCUT2D eigenvalue weighted by Crippen LogP contribution is -2.58. The van der Waals surface area contributed by atoms with Gasteiger partial charge >= 0.3 is 6.03 Å². The number of aromatic nitrogens is 3. The molecule has 138 valence electrons. The largest absolute Gasteiger partial charge is 0.497 e. The number of rotatable bonds is 4. The summed E-state index contributed by atoms with van der Waals surface area (Å²) < 4.78 is 6.83. The molecule has 26 heavy (non-hydrogen) atoms. The highest BCUT2D eigenvalue weighted by atomic mass is 16.5. The molecule has 1 aliphatic heterocycles. The standard InChI is InChI=1S/C17H22N6O3/c1-4-21-11-18-16(20-21)19-17(25)22-8-9-23(15(24)12(22)2)13-6-5-7-14(10-13)26-3/h5-7,10-12H,4,8-9H2,1-3H3,(H,19,20,25)/t12-/m0/s1. The van der Waals surface area contributed by atoms with E-state index in [-0.39, 0.29) is 17.9 Å². The Kier molecular flexibility index (Phi) is 5.06. The number of aryl methyl sites for hydroxylation is 1. The van der Waals surface area contributed by atoms with Gasteiger partial charge in [0.2, 0.25) is 11.9 Å². The minimum atomic E-state index is -0.594. The molecule has 0 spiro atoms. The molecule has 2 aromatic rings. The van der Waals surface area contributed by atoms with Crippen LogP contribution in [0.3, 0.4) is 0 Å². The first-order valence-electron chi connectivity index (χ1n) is 8.46. The van der Waals surface area contributed by atoms with Crippen LogP contribution in [-0.4, -0.2) is 57.8 Å². The van der Waals surface area contributed by atoms with Crippen LogP contribution < -0.4 is 15.0 Å². The van der Waals surface area contributed by atoms with Gasteiger partial charge in [-0.2, -0.15) is 0 Å². The molecule has 1 aromatic heterocycles. The molecule has 9 heteroatoms. The van der Waals surface area contributed by atoms with E-state index in [1.807, 2.05) is 31.2 Å². The quantitative estimate of drug-likeness (QED) is 0.896.